The Balaban J connectivity index is 1.77. The number of hydrogen-bond acceptors (Lipinski definition) is 5. The summed E-state index contributed by atoms with van der Waals surface area (Å²) in [5, 5.41) is 4.03. The van der Waals surface area contributed by atoms with Gasteiger partial charge in [-0.2, -0.15) is 0 Å². The lowest BCUT2D eigenvalue weighted by Gasteiger charge is -2.03. The van der Waals surface area contributed by atoms with Crippen LogP contribution in [-0.2, 0) is 13.1 Å². The van der Waals surface area contributed by atoms with Crippen LogP contribution in [0, 0.1) is 13.8 Å². The highest BCUT2D eigenvalue weighted by Crippen LogP contribution is 2.25. The highest BCUT2D eigenvalue weighted by Gasteiger charge is 2.11. The summed E-state index contributed by atoms with van der Waals surface area (Å²) in [4.78, 5) is 22.8. The van der Waals surface area contributed by atoms with Crippen LogP contribution >= 0.6 is 38.6 Å². The second-order valence-corrected chi connectivity index (χ2v) is 8.54. The fourth-order valence-electron chi connectivity index (χ4n) is 2.13. The molecule has 3 aromatic heterocycles. The average Bonchev–Trinajstić information content (AvgIpc) is 2.95. The molecule has 3 rings (SSSR count). The summed E-state index contributed by atoms with van der Waals surface area (Å²) >= 11 is 6.72. The first-order chi connectivity index (χ1) is 10.0. The topological polar surface area (TPSA) is 57.8 Å². The Labute approximate surface area is 138 Å². The first-order valence-electron chi connectivity index (χ1n) is 6.48. The van der Waals surface area contributed by atoms with Crippen molar-refractivity contribution in [2.45, 2.75) is 26.9 Å². The van der Waals surface area contributed by atoms with Gasteiger partial charge in [-0.1, -0.05) is 0 Å². The molecule has 2 N–H and O–H groups in total. The quantitative estimate of drug-likeness (QED) is 0.721. The third kappa shape index (κ3) is 3.11. The second kappa shape index (κ2) is 6.00. The van der Waals surface area contributed by atoms with Gasteiger partial charge in [0, 0.05) is 16.3 Å². The second-order valence-electron chi connectivity index (χ2n) is 4.79. The van der Waals surface area contributed by atoms with Crippen molar-refractivity contribution < 1.29 is 0 Å². The SMILES string of the molecule is Cc1sc2nc(CNCc3ccc(Br)s3)[nH]c(=O)c2c1C. The van der Waals surface area contributed by atoms with Gasteiger partial charge in [-0.25, -0.2) is 4.98 Å². The van der Waals surface area contributed by atoms with Gasteiger partial charge in [0.05, 0.1) is 15.7 Å². The van der Waals surface area contributed by atoms with Gasteiger partial charge in [0.25, 0.3) is 5.56 Å². The Hall–Kier alpha value is -1.02. The van der Waals surface area contributed by atoms with Gasteiger partial charge >= 0.3 is 0 Å². The van der Waals surface area contributed by atoms with Crippen LogP contribution in [0.4, 0.5) is 0 Å². The molecule has 0 aliphatic carbocycles. The van der Waals surface area contributed by atoms with Gasteiger partial charge in [0.2, 0.25) is 0 Å². The predicted molar refractivity (Wildman–Crippen MR) is 92.3 cm³/mol. The van der Waals surface area contributed by atoms with Crippen LogP contribution in [-0.4, -0.2) is 9.97 Å². The number of aromatic amines is 1. The Morgan fingerprint density at radius 3 is 2.81 bits per heavy atom. The van der Waals surface area contributed by atoms with Crippen molar-refractivity contribution in [2.75, 3.05) is 0 Å². The number of hydrogen-bond donors (Lipinski definition) is 2. The minimum Gasteiger partial charge on any atom is -0.309 e. The highest BCUT2D eigenvalue weighted by atomic mass is 79.9. The molecule has 0 spiro atoms. The van der Waals surface area contributed by atoms with E-state index in [0.29, 0.717) is 12.4 Å². The molecule has 0 unspecified atom stereocenters. The van der Waals surface area contributed by atoms with Crippen molar-refractivity contribution in [2.24, 2.45) is 0 Å². The van der Waals surface area contributed by atoms with Crippen LogP contribution in [0.1, 0.15) is 21.1 Å². The van der Waals surface area contributed by atoms with Crippen molar-refractivity contribution in [1.29, 1.82) is 0 Å². The summed E-state index contributed by atoms with van der Waals surface area (Å²) in [5.41, 5.74) is 0.990. The fraction of sp³-hybridized carbons (Fsp3) is 0.286. The molecule has 0 aromatic carbocycles. The number of fused-ring (bicyclic) bond motifs is 1. The molecule has 3 heterocycles. The normalized spacial score (nSPS) is 11.4. The molecule has 3 aromatic rings. The number of nitrogens with zero attached hydrogens (tertiary/aromatic N) is 1. The van der Waals surface area contributed by atoms with Crippen LogP contribution in [0.25, 0.3) is 10.2 Å². The molecule has 21 heavy (non-hydrogen) atoms. The summed E-state index contributed by atoms with van der Waals surface area (Å²) in [5.74, 6) is 0.685. The zero-order chi connectivity index (χ0) is 15.0. The summed E-state index contributed by atoms with van der Waals surface area (Å²) in [6.45, 7) is 5.31. The number of aromatic nitrogens is 2. The van der Waals surface area contributed by atoms with Crippen LogP contribution in [0.2, 0.25) is 0 Å². The maximum absolute atomic E-state index is 12.1. The van der Waals surface area contributed by atoms with Gasteiger partial charge in [-0.05, 0) is 47.5 Å². The monoisotopic (exact) mass is 383 g/mol. The zero-order valence-corrected chi connectivity index (χ0v) is 14.8. The molecule has 0 saturated heterocycles. The molecule has 0 bridgehead atoms. The third-order valence-electron chi connectivity index (χ3n) is 3.31. The Bertz CT molecular complexity index is 850. The van der Waals surface area contributed by atoms with E-state index in [2.05, 4.69) is 37.3 Å². The van der Waals surface area contributed by atoms with Gasteiger partial charge in [0.1, 0.15) is 10.7 Å². The molecule has 0 radical (unpaired) electrons. The van der Waals surface area contributed by atoms with Crippen molar-refractivity contribution in [1.82, 2.24) is 15.3 Å². The minimum atomic E-state index is -0.0440. The molecule has 0 amide bonds. The molecular formula is C14H14BrN3OS2. The summed E-state index contributed by atoms with van der Waals surface area (Å²) < 4.78 is 1.12. The maximum Gasteiger partial charge on any atom is 0.259 e. The molecule has 0 aliphatic heterocycles. The fourth-order valence-corrected chi connectivity index (χ4v) is 4.64. The van der Waals surface area contributed by atoms with Crippen molar-refractivity contribution in [3.05, 3.63) is 47.4 Å². The first-order valence-corrected chi connectivity index (χ1v) is 8.91. The highest BCUT2D eigenvalue weighted by molar-refractivity contribution is 9.11. The number of thiophene rings is 2. The van der Waals surface area contributed by atoms with Gasteiger partial charge < -0.3 is 10.3 Å². The van der Waals surface area contributed by atoms with Crippen molar-refractivity contribution >= 4 is 48.8 Å². The van der Waals surface area contributed by atoms with E-state index in [1.54, 1.807) is 22.7 Å². The predicted octanol–water partition coefficient (Wildman–Crippen LogP) is 3.72. The van der Waals surface area contributed by atoms with E-state index in [4.69, 9.17) is 0 Å². The van der Waals surface area contributed by atoms with Gasteiger partial charge in [-0.3, -0.25) is 4.79 Å². The lowest BCUT2D eigenvalue weighted by molar-refractivity contribution is 0.669. The molecule has 110 valence electrons. The van der Waals surface area contributed by atoms with Crippen LogP contribution < -0.4 is 10.9 Å². The third-order valence-corrected chi connectivity index (χ3v) is 6.03. The van der Waals surface area contributed by atoms with Crippen molar-refractivity contribution in [3.8, 4) is 0 Å². The maximum atomic E-state index is 12.1. The number of H-pyrrole nitrogens is 1. The van der Waals surface area contributed by atoms with Gasteiger partial charge in [0.15, 0.2) is 0 Å². The zero-order valence-electron chi connectivity index (χ0n) is 11.6. The molecule has 4 nitrogen and oxygen atoms in total. The molecule has 0 aliphatic rings. The lowest BCUT2D eigenvalue weighted by Crippen LogP contribution is -2.18. The Morgan fingerprint density at radius 1 is 1.29 bits per heavy atom. The van der Waals surface area contributed by atoms with E-state index in [1.165, 1.54) is 4.88 Å². The summed E-state index contributed by atoms with van der Waals surface area (Å²) in [7, 11) is 0. The largest absolute Gasteiger partial charge is 0.309 e. The van der Waals surface area contributed by atoms with Crippen molar-refractivity contribution in [3.63, 3.8) is 0 Å². The molecule has 7 heteroatoms. The molecular weight excluding hydrogens is 370 g/mol. The number of nitrogens with one attached hydrogen (secondary N) is 2. The number of aryl methyl sites for hydroxylation is 2. The standard InChI is InChI=1S/C14H14BrN3OS2/c1-7-8(2)20-14-12(7)13(19)17-11(18-14)6-16-5-9-3-4-10(15)21-9/h3-4,16H,5-6H2,1-2H3,(H,17,18,19). The first kappa shape index (κ1) is 14.9. The van der Waals surface area contributed by atoms with E-state index < -0.39 is 0 Å². The van der Waals surface area contributed by atoms with E-state index in [-0.39, 0.29) is 5.56 Å². The molecule has 0 fully saturated rings. The Morgan fingerprint density at radius 2 is 2.10 bits per heavy atom. The average molecular weight is 384 g/mol. The smallest absolute Gasteiger partial charge is 0.259 e. The molecule has 0 saturated carbocycles. The van der Waals surface area contributed by atoms with E-state index in [9.17, 15) is 4.79 Å². The lowest BCUT2D eigenvalue weighted by atomic mass is 10.2. The van der Waals surface area contributed by atoms with Crippen LogP contribution in [0.5, 0.6) is 0 Å². The summed E-state index contributed by atoms with van der Waals surface area (Å²) in [6, 6.07) is 4.11. The van der Waals surface area contributed by atoms with E-state index in [0.717, 1.165) is 31.0 Å². The summed E-state index contributed by atoms with van der Waals surface area (Å²) in [6.07, 6.45) is 0. The Kier molecular flexibility index (Phi) is 4.26. The number of rotatable bonds is 4. The van der Waals surface area contributed by atoms with E-state index in [1.807, 2.05) is 19.9 Å². The van der Waals surface area contributed by atoms with Crippen LogP contribution in [0.15, 0.2) is 20.7 Å². The minimum absolute atomic E-state index is 0.0440. The molecule has 0 atom stereocenters. The number of halogens is 1. The van der Waals surface area contributed by atoms with Crippen LogP contribution in [0.3, 0.4) is 0 Å². The van der Waals surface area contributed by atoms with E-state index >= 15 is 0 Å². The van der Waals surface area contributed by atoms with Gasteiger partial charge in [-0.15, -0.1) is 22.7 Å².